The van der Waals surface area contributed by atoms with Crippen LogP contribution >= 0.6 is 0 Å². The lowest BCUT2D eigenvalue weighted by atomic mass is 9.89. The van der Waals surface area contributed by atoms with E-state index in [4.69, 9.17) is 4.74 Å². The number of esters is 1. The lowest BCUT2D eigenvalue weighted by Crippen LogP contribution is -2.56. The number of carbonyl (C=O) groups is 3. The highest BCUT2D eigenvalue weighted by atomic mass is 16.6. The van der Waals surface area contributed by atoms with E-state index in [0.29, 0.717) is 12.8 Å². The van der Waals surface area contributed by atoms with Crippen LogP contribution < -0.4 is 0 Å². The van der Waals surface area contributed by atoms with E-state index in [1.165, 1.54) is 7.11 Å². The summed E-state index contributed by atoms with van der Waals surface area (Å²) in [5, 5.41) is 9.20. The van der Waals surface area contributed by atoms with Gasteiger partial charge >= 0.3 is 18.0 Å². The third-order valence-electron chi connectivity index (χ3n) is 3.02. The Morgan fingerprint density at radius 2 is 1.85 bits per heavy atom. The maximum atomic E-state index is 12.1. The second-order valence-corrected chi connectivity index (χ2v) is 5.73. The van der Waals surface area contributed by atoms with Gasteiger partial charge in [-0.2, -0.15) is 0 Å². The molecule has 1 amide bonds. The van der Waals surface area contributed by atoms with Crippen LogP contribution in [0.25, 0.3) is 0 Å². The number of carboxylic acid groups (broad SMARTS) is 1. The van der Waals surface area contributed by atoms with E-state index in [-0.39, 0.29) is 6.54 Å². The third-order valence-corrected chi connectivity index (χ3v) is 3.02. The number of nitrogens with zero attached hydrogens (tertiary/aromatic N) is 1. The number of hydrogen-bond acceptors (Lipinski definition) is 5. The predicted octanol–water partition coefficient (Wildman–Crippen LogP) is 1.26. The minimum atomic E-state index is -1.14. The Balaban J connectivity index is 2.99. The fourth-order valence-corrected chi connectivity index (χ4v) is 2.19. The lowest BCUT2D eigenvalue weighted by Gasteiger charge is -2.38. The zero-order valence-electron chi connectivity index (χ0n) is 12.2. The summed E-state index contributed by atoms with van der Waals surface area (Å²) in [6.07, 6.45) is 0.136. The maximum Gasteiger partial charge on any atom is 0.411 e. The topological polar surface area (TPSA) is 93.1 Å². The van der Waals surface area contributed by atoms with Crippen molar-refractivity contribution in [3.05, 3.63) is 0 Å². The van der Waals surface area contributed by atoms with Gasteiger partial charge in [0.2, 0.25) is 0 Å². The standard InChI is InChI=1S/C13H21NO6/c1-13(2,3)20-12(18)14-7-5-6-8(10(15)16)9(14)11(17)19-4/h8-9H,5-7H2,1-4H3,(H,15,16)/t8?,9-/m0/s1. The van der Waals surface area contributed by atoms with Crippen LogP contribution in [0.4, 0.5) is 4.79 Å². The SMILES string of the molecule is COC(=O)[C@@H]1C(C(=O)O)CCCN1C(=O)OC(C)(C)C. The molecule has 1 saturated heterocycles. The normalized spacial score (nSPS) is 23.1. The number of methoxy groups -OCH3 is 1. The summed E-state index contributed by atoms with van der Waals surface area (Å²) < 4.78 is 9.85. The first-order valence-electron chi connectivity index (χ1n) is 6.47. The van der Waals surface area contributed by atoms with Crippen molar-refractivity contribution in [3.63, 3.8) is 0 Å². The van der Waals surface area contributed by atoms with Crippen LogP contribution in [0.15, 0.2) is 0 Å². The van der Waals surface area contributed by atoms with E-state index < -0.39 is 35.6 Å². The number of aliphatic carboxylic acids is 1. The summed E-state index contributed by atoms with van der Waals surface area (Å²) in [5.74, 6) is -2.82. The molecular weight excluding hydrogens is 266 g/mol. The number of rotatable bonds is 2. The van der Waals surface area contributed by atoms with Gasteiger partial charge < -0.3 is 14.6 Å². The van der Waals surface area contributed by atoms with Gasteiger partial charge in [0.15, 0.2) is 0 Å². The van der Waals surface area contributed by atoms with Gasteiger partial charge in [-0.25, -0.2) is 9.59 Å². The summed E-state index contributed by atoms with van der Waals surface area (Å²) in [6.45, 7) is 5.39. The van der Waals surface area contributed by atoms with Crippen molar-refractivity contribution >= 4 is 18.0 Å². The average Bonchev–Trinajstić information content (AvgIpc) is 2.34. The van der Waals surface area contributed by atoms with E-state index in [9.17, 15) is 19.5 Å². The highest BCUT2D eigenvalue weighted by Gasteiger charge is 2.45. The number of likely N-dealkylation sites (tertiary alicyclic amines) is 1. The second-order valence-electron chi connectivity index (χ2n) is 5.73. The van der Waals surface area contributed by atoms with E-state index >= 15 is 0 Å². The molecule has 7 nitrogen and oxygen atoms in total. The molecule has 1 fully saturated rings. The van der Waals surface area contributed by atoms with Crippen molar-refractivity contribution in [1.82, 2.24) is 4.90 Å². The van der Waals surface area contributed by atoms with Gasteiger partial charge in [-0.1, -0.05) is 0 Å². The molecule has 0 saturated carbocycles. The molecule has 1 N–H and O–H groups in total. The molecule has 1 aliphatic rings. The van der Waals surface area contributed by atoms with E-state index in [0.717, 1.165) is 4.90 Å². The number of piperidine rings is 1. The van der Waals surface area contributed by atoms with Gasteiger partial charge in [-0.05, 0) is 33.6 Å². The predicted molar refractivity (Wildman–Crippen MR) is 69.1 cm³/mol. The van der Waals surface area contributed by atoms with Gasteiger partial charge in [0.1, 0.15) is 11.6 Å². The van der Waals surface area contributed by atoms with Gasteiger partial charge in [-0.3, -0.25) is 9.69 Å². The average molecular weight is 287 g/mol. The van der Waals surface area contributed by atoms with Crippen LogP contribution in [0.3, 0.4) is 0 Å². The van der Waals surface area contributed by atoms with Crippen LogP contribution in [0.2, 0.25) is 0 Å². The van der Waals surface area contributed by atoms with Crippen LogP contribution in [-0.4, -0.2) is 53.3 Å². The van der Waals surface area contributed by atoms with E-state index in [1.807, 2.05) is 0 Å². The molecule has 20 heavy (non-hydrogen) atoms. The largest absolute Gasteiger partial charge is 0.481 e. The van der Waals surface area contributed by atoms with Gasteiger partial charge in [-0.15, -0.1) is 0 Å². The minimum Gasteiger partial charge on any atom is -0.481 e. The molecule has 0 aromatic rings. The fraction of sp³-hybridized carbons (Fsp3) is 0.769. The number of hydrogen-bond donors (Lipinski definition) is 1. The van der Waals surface area contributed by atoms with Crippen molar-refractivity contribution in [2.75, 3.05) is 13.7 Å². The first kappa shape index (κ1) is 16.3. The number of amides is 1. The molecule has 114 valence electrons. The molecule has 1 unspecified atom stereocenters. The zero-order valence-corrected chi connectivity index (χ0v) is 12.2. The summed E-state index contributed by atoms with van der Waals surface area (Å²) in [7, 11) is 1.17. The molecule has 0 radical (unpaired) electrons. The molecule has 0 spiro atoms. The Labute approximate surface area is 117 Å². The Hall–Kier alpha value is -1.79. The van der Waals surface area contributed by atoms with Gasteiger partial charge in [0.25, 0.3) is 0 Å². The van der Waals surface area contributed by atoms with Crippen LogP contribution in [0.1, 0.15) is 33.6 Å². The van der Waals surface area contributed by atoms with E-state index in [2.05, 4.69) is 4.74 Å². The van der Waals surface area contributed by atoms with E-state index in [1.54, 1.807) is 20.8 Å². The molecule has 1 aliphatic heterocycles. The quantitative estimate of drug-likeness (QED) is 0.768. The smallest absolute Gasteiger partial charge is 0.411 e. The summed E-state index contributed by atoms with van der Waals surface area (Å²) in [4.78, 5) is 36.3. The molecular formula is C13H21NO6. The lowest BCUT2D eigenvalue weighted by molar-refractivity contribution is -0.159. The molecule has 0 bridgehead atoms. The van der Waals surface area contributed by atoms with Crippen LogP contribution in [0, 0.1) is 5.92 Å². The second kappa shape index (κ2) is 6.11. The Kier molecular flexibility index (Phi) is 4.97. The van der Waals surface area contributed by atoms with Gasteiger partial charge in [0.05, 0.1) is 13.0 Å². The first-order valence-corrected chi connectivity index (χ1v) is 6.47. The molecule has 0 aromatic carbocycles. The minimum absolute atomic E-state index is 0.276. The molecule has 7 heteroatoms. The molecule has 0 aliphatic carbocycles. The van der Waals surface area contributed by atoms with Crippen LogP contribution in [0.5, 0.6) is 0 Å². The monoisotopic (exact) mass is 287 g/mol. The molecule has 1 rings (SSSR count). The highest BCUT2D eigenvalue weighted by molar-refractivity contribution is 5.87. The summed E-state index contributed by atoms with van der Waals surface area (Å²) >= 11 is 0. The van der Waals surface area contributed by atoms with Crippen LogP contribution in [-0.2, 0) is 19.1 Å². The highest BCUT2D eigenvalue weighted by Crippen LogP contribution is 2.26. The fourth-order valence-electron chi connectivity index (χ4n) is 2.19. The maximum absolute atomic E-state index is 12.1. The zero-order chi connectivity index (χ0) is 15.5. The Bertz CT molecular complexity index is 400. The summed E-state index contributed by atoms with van der Waals surface area (Å²) in [6, 6.07) is -1.14. The first-order chi connectivity index (χ1) is 9.17. The Morgan fingerprint density at radius 3 is 2.30 bits per heavy atom. The number of ether oxygens (including phenoxy) is 2. The molecule has 2 atom stereocenters. The molecule has 0 aromatic heterocycles. The third kappa shape index (κ3) is 3.85. The number of carbonyl (C=O) groups excluding carboxylic acids is 2. The molecule has 1 heterocycles. The van der Waals surface area contributed by atoms with Crippen molar-refractivity contribution in [2.45, 2.75) is 45.3 Å². The van der Waals surface area contributed by atoms with Crippen molar-refractivity contribution in [1.29, 1.82) is 0 Å². The van der Waals surface area contributed by atoms with Crippen molar-refractivity contribution in [2.24, 2.45) is 5.92 Å². The van der Waals surface area contributed by atoms with Crippen molar-refractivity contribution < 1.29 is 29.0 Å². The summed E-state index contributed by atoms with van der Waals surface area (Å²) in [5.41, 5.74) is -0.714. The Morgan fingerprint density at radius 1 is 1.25 bits per heavy atom. The van der Waals surface area contributed by atoms with Crippen molar-refractivity contribution in [3.8, 4) is 0 Å². The number of carboxylic acids is 1. The van der Waals surface area contributed by atoms with Gasteiger partial charge in [0, 0.05) is 6.54 Å².